The molecule has 6 heteroatoms. The Morgan fingerprint density at radius 1 is 0.960 bits per heavy atom. The summed E-state index contributed by atoms with van der Waals surface area (Å²) in [6, 6.07) is 12.2. The second kappa shape index (κ2) is 5.90. The van der Waals surface area contributed by atoms with E-state index in [-0.39, 0.29) is 11.1 Å². The minimum absolute atomic E-state index is 0.0950. The van der Waals surface area contributed by atoms with Crippen molar-refractivity contribution in [1.29, 1.82) is 0 Å². The topological polar surface area (TPSA) is 58.6 Å². The third-order valence-electron chi connectivity index (χ3n) is 3.90. The van der Waals surface area contributed by atoms with E-state index in [1.807, 2.05) is 0 Å². The first-order chi connectivity index (χ1) is 12.1. The molecule has 1 N–H and O–H groups in total. The van der Waals surface area contributed by atoms with E-state index in [1.165, 1.54) is 18.2 Å². The van der Waals surface area contributed by atoms with Crippen molar-refractivity contribution in [2.45, 2.75) is 0 Å². The van der Waals surface area contributed by atoms with Gasteiger partial charge in [0.15, 0.2) is 11.6 Å². The summed E-state index contributed by atoms with van der Waals surface area (Å²) in [5, 5.41) is 0.300. The van der Waals surface area contributed by atoms with Gasteiger partial charge in [0.05, 0.1) is 10.9 Å². The third-order valence-corrected chi connectivity index (χ3v) is 3.90. The summed E-state index contributed by atoms with van der Waals surface area (Å²) in [7, 11) is 0. The Kier molecular flexibility index (Phi) is 3.57. The predicted octanol–water partition coefficient (Wildman–Crippen LogP) is 3.93. The molecule has 25 heavy (non-hydrogen) atoms. The van der Waals surface area contributed by atoms with Crippen LogP contribution >= 0.6 is 0 Å². The highest BCUT2D eigenvalue weighted by Gasteiger charge is 2.12. The third kappa shape index (κ3) is 2.67. The lowest BCUT2D eigenvalue weighted by atomic mass is 10.0. The number of H-pyrrole nitrogens is 1. The number of nitrogens with zero attached hydrogens (tertiary/aromatic N) is 2. The van der Waals surface area contributed by atoms with Gasteiger partial charge in [-0.3, -0.25) is 9.78 Å². The maximum atomic E-state index is 14.0. The SMILES string of the molecule is O=c1[nH]c(-c2cccnc2)nc2ccc(-c3cccc(F)c3F)cc12. The average molecular weight is 335 g/mol. The van der Waals surface area contributed by atoms with Gasteiger partial charge >= 0.3 is 0 Å². The van der Waals surface area contributed by atoms with Crippen LogP contribution in [0.4, 0.5) is 8.78 Å². The number of pyridine rings is 1. The Bertz CT molecular complexity index is 1140. The van der Waals surface area contributed by atoms with E-state index < -0.39 is 11.6 Å². The summed E-state index contributed by atoms with van der Waals surface area (Å²) < 4.78 is 27.4. The number of aromatic nitrogens is 3. The van der Waals surface area contributed by atoms with E-state index in [9.17, 15) is 13.6 Å². The normalized spacial score (nSPS) is 11.0. The lowest BCUT2D eigenvalue weighted by Crippen LogP contribution is -2.09. The Hall–Kier alpha value is -3.41. The second-order valence-electron chi connectivity index (χ2n) is 5.49. The van der Waals surface area contributed by atoms with Crippen LogP contribution in [0.1, 0.15) is 0 Å². The molecule has 2 heterocycles. The molecule has 0 aliphatic carbocycles. The molecule has 0 saturated heterocycles. The van der Waals surface area contributed by atoms with Crippen LogP contribution in [0.3, 0.4) is 0 Å². The molecule has 4 nitrogen and oxygen atoms in total. The van der Waals surface area contributed by atoms with E-state index >= 15 is 0 Å². The number of benzene rings is 2. The maximum absolute atomic E-state index is 14.0. The van der Waals surface area contributed by atoms with Crippen LogP contribution < -0.4 is 5.56 Å². The van der Waals surface area contributed by atoms with Crippen LogP contribution in [0, 0.1) is 11.6 Å². The molecule has 0 spiro atoms. The molecular weight excluding hydrogens is 324 g/mol. The Balaban J connectivity index is 1.89. The minimum atomic E-state index is -0.946. The van der Waals surface area contributed by atoms with Crippen LogP contribution in [0.25, 0.3) is 33.4 Å². The monoisotopic (exact) mass is 335 g/mol. The number of hydrogen-bond donors (Lipinski definition) is 1. The molecule has 2 aromatic carbocycles. The largest absolute Gasteiger partial charge is 0.306 e. The molecule has 4 rings (SSSR count). The summed E-state index contributed by atoms with van der Waals surface area (Å²) in [6.07, 6.45) is 3.23. The van der Waals surface area contributed by atoms with Gasteiger partial charge in [0.25, 0.3) is 5.56 Å². The molecule has 0 bridgehead atoms. The highest BCUT2D eigenvalue weighted by atomic mass is 19.2. The van der Waals surface area contributed by atoms with Crippen molar-refractivity contribution in [2.24, 2.45) is 0 Å². The van der Waals surface area contributed by atoms with Gasteiger partial charge < -0.3 is 4.98 Å². The lowest BCUT2D eigenvalue weighted by molar-refractivity contribution is 0.511. The molecule has 0 radical (unpaired) electrons. The smallest absolute Gasteiger partial charge is 0.259 e. The van der Waals surface area contributed by atoms with Gasteiger partial charge in [-0.15, -0.1) is 0 Å². The molecule has 0 saturated carbocycles. The summed E-state index contributed by atoms with van der Waals surface area (Å²) in [5.74, 6) is -1.48. The van der Waals surface area contributed by atoms with E-state index in [0.29, 0.717) is 27.9 Å². The molecule has 122 valence electrons. The summed E-state index contributed by atoms with van der Waals surface area (Å²) in [5.41, 5.74) is 1.29. The van der Waals surface area contributed by atoms with Gasteiger partial charge in [0, 0.05) is 23.5 Å². The maximum Gasteiger partial charge on any atom is 0.259 e. The van der Waals surface area contributed by atoms with E-state index in [1.54, 1.807) is 36.7 Å². The van der Waals surface area contributed by atoms with Crippen molar-refractivity contribution in [1.82, 2.24) is 15.0 Å². The fourth-order valence-corrected chi connectivity index (χ4v) is 2.67. The Morgan fingerprint density at radius 2 is 1.84 bits per heavy atom. The molecule has 0 unspecified atom stereocenters. The average Bonchev–Trinajstić information content (AvgIpc) is 2.64. The standard InChI is InChI=1S/C19H11F2N3O/c20-15-5-1-4-13(17(15)21)11-6-7-16-14(9-11)19(25)24-18(23-16)12-3-2-8-22-10-12/h1-10H,(H,23,24,25). The van der Waals surface area contributed by atoms with Crippen molar-refractivity contribution < 1.29 is 8.78 Å². The van der Waals surface area contributed by atoms with Gasteiger partial charge in [-0.2, -0.15) is 0 Å². The zero-order chi connectivity index (χ0) is 17.4. The van der Waals surface area contributed by atoms with E-state index in [2.05, 4.69) is 15.0 Å². The molecule has 0 amide bonds. The molecule has 4 aromatic rings. The minimum Gasteiger partial charge on any atom is -0.306 e. The first-order valence-electron chi connectivity index (χ1n) is 7.52. The number of rotatable bonds is 2. The molecule has 0 aliphatic rings. The molecule has 0 atom stereocenters. The van der Waals surface area contributed by atoms with Crippen LogP contribution in [-0.4, -0.2) is 15.0 Å². The summed E-state index contributed by atoms with van der Waals surface area (Å²) in [6.45, 7) is 0. The highest BCUT2D eigenvalue weighted by Crippen LogP contribution is 2.26. The Labute approximate surface area is 140 Å². The van der Waals surface area contributed by atoms with Gasteiger partial charge in [-0.1, -0.05) is 18.2 Å². The lowest BCUT2D eigenvalue weighted by Gasteiger charge is -2.07. The fraction of sp³-hybridized carbons (Fsp3) is 0. The van der Waals surface area contributed by atoms with Crippen LogP contribution in [0.5, 0.6) is 0 Å². The van der Waals surface area contributed by atoms with Crippen molar-refractivity contribution in [2.75, 3.05) is 0 Å². The highest BCUT2D eigenvalue weighted by molar-refractivity contribution is 5.85. The molecule has 2 aromatic heterocycles. The van der Waals surface area contributed by atoms with Crippen LogP contribution in [-0.2, 0) is 0 Å². The number of fused-ring (bicyclic) bond motifs is 1. The Morgan fingerprint density at radius 3 is 2.64 bits per heavy atom. The van der Waals surface area contributed by atoms with Crippen molar-refractivity contribution in [3.63, 3.8) is 0 Å². The van der Waals surface area contributed by atoms with Gasteiger partial charge in [0.1, 0.15) is 5.82 Å². The molecular formula is C19H11F2N3O. The molecule has 0 fully saturated rings. The fourth-order valence-electron chi connectivity index (χ4n) is 2.67. The second-order valence-corrected chi connectivity index (χ2v) is 5.49. The van der Waals surface area contributed by atoms with Crippen molar-refractivity contribution in [3.8, 4) is 22.5 Å². The zero-order valence-electron chi connectivity index (χ0n) is 12.8. The number of halogens is 2. The number of hydrogen-bond acceptors (Lipinski definition) is 3. The van der Waals surface area contributed by atoms with Crippen LogP contribution in [0.2, 0.25) is 0 Å². The van der Waals surface area contributed by atoms with Crippen molar-refractivity contribution in [3.05, 3.63) is 82.9 Å². The van der Waals surface area contributed by atoms with E-state index in [0.717, 1.165) is 6.07 Å². The van der Waals surface area contributed by atoms with Gasteiger partial charge in [0.2, 0.25) is 0 Å². The van der Waals surface area contributed by atoms with Crippen molar-refractivity contribution >= 4 is 10.9 Å². The summed E-state index contributed by atoms with van der Waals surface area (Å²) >= 11 is 0. The first kappa shape index (κ1) is 15.1. The first-order valence-corrected chi connectivity index (χ1v) is 7.52. The van der Waals surface area contributed by atoms with E-state index in [4.69, 9.17) is 0 Å². The van der Waals surface area contributed by atoms with Gasteiger partial charge in [-0.25, -0.2) is 13.8 Å². The zero-order valence-corrected chi connectivity index (χ0v) is 12.8. The quantitative estimate of drug-likeness (QED) is 0.604. The number of aromatic amines is 1. The van der Waals surface area contributed by atoms with Gasteiger partial charge in [-0.05, 0) is 35.9 Å². The predicted molar refractivity (Wildman–Crippen MR) is 90.9 cm³/mol. The number of nitrogens with one attached hydrogen (secondary N) is 1. The summed E-state index contributed by atoms with van der Waals surface area (Å²) in [4.78, 5) is 23.5. The molecule has 0 aliphatic heterocycles. The van der Waals surface area contributed by atoms with Crippen LogP contribution in [0.15, 0.2) is 65.7 Å².